The number of carbonyl (C=O) groups is 1. The van der Waals surface area contributed by atoms with Gasteiger partial charge in [0.05, 0.1) is 17.2 Å². The van der Waals surface area contributed by atoms with Crippen LogP contribution in [0, 0.1) is 5.92 Å². The molecule has 0 radical (unpaired) electrons. The zero-order chi connectivity index (χ0) is 13.7. The first-order valence-corrected chi connectivity index (χ1v) is 7.71. The lowest BCUT2D eigenvalue weighted by atomic mass is 9.89. The normalized spacial score (nSPS) is 16.5. The van der Waals surface area contributed by atoms with Crippen LogP contribution < -0.4 is 4.90 Å². The average molecular weight is 282 g/mol. The zero-order valence-corrected chi connectivity index (χ0v) is 12.5. The van der Waals surface area contributed by atoms with E-state index in [4.69, 9.17) is 4.74 Å². The van der Waals surface area contributed by atoms with Gasteiger partial charge in [-0.15, -0.1) is 0 Å². The van der Waals surface area contributed by atoms with Crippen molar-refractivity contribution in [2.24, 2.45) is 5.92 Å². The maximum absolute atomic E-state index is 11.0. The standard InChI is InChI=1S/C14H22N2O2S/c1-16(8-11-6-4-3-5-7-11)14-15-12(10-18-2)13(9-17)19-14/h9,11H,3-8,10H2,1-2H3. The van der Waals surface area contributed by atoms with Crippen LogP contribution in [0.15, 0.2) is 0 Å². The van der Waals surface area contributed by atoms with Crippen LogP contribution in [0.1, 0.15) is 47.5 Å². The van der Waals surface area contributed by atoms with Crippen LogP contribution in [-0.2, 0) is 11.3 Å². The molecule has 5 heteroatoms. The zero-order valence-electron chi connectivity index (χ0n) is 11.7. The number of thiazole rings is 1. The lowest BCUT2D eigenvalue weighted by molar-refractivity contribution is 0.112. The van der Waals surface area contributed by atoms with Crippen LogP contribution in [0.4, 0.5) is 5.13 Å². The Morgan fingerprint density at radius 2 is 2.16 bits per heavy atom. The Morgan fingerprint density at radius 3 is 2.79 bits per heavy atom. The SMILES string of the molecule is COCc1nc(N(C)CC2CCCCC2)sc1C=O. The van der Waals surface area contributed by atoms with Gasteiger partial charge in [-0.25, -0.2) is 4.98 Å². The molecule has 0 spiro atoms. The minimum absolute atomic E-state index is 0.405. The second kappa shape index (κ2) is 7.01. The van der Waals surface area contributed by atoms with E-state index in [2.05, 4.69) is 16.9 Å². The largest absolute Gasteiger partial charge is 0.378 e. The van der Waals surface area contributed by atoms with Gasteiger partial charge in [0.1, 0.15) is 0 Å². The maximum Gasteiger partial charge on any atom is 0.186 e. The van der Waals surface area contributed by atoms with Crippen molar-refractivity contribution in [3.63, 3.8) is 0 Å². The van der Waals surface area contributed by atoms with Crippen molar-refractivity contribution in [3.05, 3.63) is 10.6 Å². The van der Waals surface area contributed by atoms with E-state index in [-0.39, 0.29) is 0 Å². The first-order chi connectivity index (χ1) is 9.24. The van der Waals surface area contributed by atoms with Crippen LogP contribution in [0.25, 0.3) is 0 Å². The van der Waals surface area contributed by atoms with Crippen molar-refractivity contribution in [3.8, 4) is 0 Å². The number of anilines is 1. The second-order valence-electron chi connectivity index (χ2n) is 5.24. The monoisotopic (exact) mass is 282 g/mol. The molecule has 2 rings (SSSR count). The summed E-state index contributed by atoms with van der Waals surface area (Å²) >= 11 is 1.46. The van der Waals surface area contributed by atoms with E-state index >= 15 is 0 Å². The molecule has 0 bridgehead atoms. The number of carbonyl (C=O) groups excluding carboxylic acids is 1. The van der Waals surface area contributed by atoms with Crippen LogP contribution in [0.5, 0.6) is 0 Å². The molecule has 1 aromatic rings. The molecule has 0 N–H and O–H groups in total. The Labute approximate surface area is 118 Å². The second-order valence-corrected chi connectivity index (χ2v) is 6.25. The summed E-state index contributed by atoms with van der Waals surface area (Å²) in [5, 5.41) is 0.930. The Balaban J connectivity index is 2.01. The van der Waals surface area contributed by atoms with E-state index in [1.165, 1.54) is 43.4 Å². The van der Waals surface area contributed by atoms with E-state index in [9.17, 15) is 4.79 Å². The van der Waals surface area contributed by atoms with Gasteiger partial charge in [-0.3, -0.25) is 4.79 Å². The molecule has 1 aliphatic carbocycles. The fourth-order valence-electron chi connectivity index (χ4n) is 2.68. The van der Waals surface area contributed by atoms with E-state index < -0.39 is 0 Å². The van der Waals surface area contributed by atoms with Gasteiger partial charge in [0, 0.05) is 20.7 Å². The molecule has 0 amide bonds. The Hall–Kier alpha value is -0.940. The molecular weight excluding hydrogens is 260 g/mol. The fraction of sp³-hybridized carbons (Fsp3) is 0.714. The molecule has 1 aromatic heterocycles. The molecule has 0 atom stereocenters. The number of hydrogen-bond donors (Lipinski definition) is 0. The molecule has 1 aliphatic rings. The Kier molecular flexibility index (Phi) is 5.34. The average Bonchev–Trinajstić information content (AvgIpc) is 2.83. The highest BCUT2D eigenvalue weighted by Gasteiger charge is 2.18. The quantitative estimate of drug-likeness (QED) is 0.752. The van der Waals surface area contributed by atoms with Crippen LogP contribution in [0.2, 0.25) is 0 Å². The third-order valence-electron chi connectivity index (χ3n) is 3.69. The number of aldehydes is 1. The molecule has 106 valence electrons. The topological polar surface area (TPSA) is 42.4 Å². The van der Waals surface area contributed by atoms with Crippen molar-refractivity contribution in [1.82, 2.24) is 4.98 Å². The molecule has 1 fully saturated rings. The number of hydrogen-bond acceptors (Lipinski definition) is 5. The van der Waals surface area contributed by atoms with Crippen molar-refractivity contribution in [2.45, 2.75) is 38.7 Å². The maximum atomic E-state index is 11.0. The number of ether oxygens (including phenoxy) is 1. The van der Waals surface area contributed by atoms with Crippen LogP contribution in [-0.4, -0.2) is 32.0 Å². The van der Waals surface area contributed by atoms with Gasteiger partial charge in [0.15, 0.2) is 11.4 Å². The highest BCUT2D eigenvalue weighted by molar-refractivity contribution is 7.17. The third kappa shape index (κ3) is 3.76. The summed E-state index contributed by atoms with van der Waals surface area (Å²) < 4.78 is 5.08. The van der Waals surface area contributed by atoms with E-state index in [0.29, 0.717) is 11.5 Å². The summed E-state index contributed by atoms with van der Waals surface area (Å²) in [5.74, 6) is 0.771. The lowest BCUT2D eigenvalue weighted by Crippen LogP contribution is -2.26. The smallest absolute Gasteiger partial charge is 0.186 e. The lowest BCUT2D eigenvalue weighted by Gasteiger charge is -2.26. The van der Waals surface area contributed by atoms with E-state index in [1.807, 2.05) is 0 Å². The van der Waals surface area contributed by atoms with Gasteiger partial charge >= 0.3 is 0 Å². The van der Waals surface area contributed by atoms with Crippen molar-refractivity contribution in [1.29, 1.82) is 0 Å². The predicted octanol–water partition coefficient (Wildman–Crippen LogP) is 3.12. The summed E-state index contributed by atoms with van der Waals surface area (Å²) in [5.41, 5.74) is 0.757. The Morgan fingerprint density at radius 1 is 1.42 bits per heavy atom. The summed E-state index contributed by atoms with van der Waals surface area (Å²) in [6.07, 6.45) is 7.60. The fourth-order valence-corrected chi connectivity index (χ4v) is 3.53. The van der Waals surface area contributed by atoms with Gasteiger partial charge in [-0.2, -0.15) is 0 Å². The highest BCUT2D eigenvalue weighted by atomic mass is 32.1. The van der Waals surface area contributed by atoms with Crippen molar-refractivity contribution < 1.29 is 9.53 Å². The molecule has 1 saturated carbocycles. The van der Waals surface area contributed by atoms with Crippen molar-refractivity contribution >= 4 is 22.8 Å². The van der Waals surface area contributed by atoms with Gasteiger partial charge in [0.2, 0.25) is 0 Å². The summed E-state index contributed by atoms with van der Waals surface area (Å²) in [4.78, 5) is 18.4. The minimum Gasteiger partial charge on any atom is -0.378 e. The summed E-state index contributed by atoms with van der Waals surface area (Å²) in [6.45, 7) is 1.44. The summed E-state index contributed by atoms with van der Waals surface area (Å²) in [6, 6.07) is 0. The molecule has 19 heavy (non-hydrogen) atoms. The Bertz CT molecular complexity index is 414. The van der Waals surface area contributed by atoms with Gasteiger partial charge < -0.3 is 9.64 Å². The third-order valence-corrected chi connectivity index (χ3v) is 4.83. The molecule has 0 aromatic carbocycles. The molecule has 1 heterocycles. The number of aromatic nitrogens is 1. The predicted molar refractivity (Wildman–Crippen MR) is 78.1 cm³/mol. The van der Waals surface area contributed by atoms with Gasteiger partial charge in [-0.05, 0) is 18.8 Å². The molecular formula is C14H22N2O2S. The molecule has 0 unspecified atom stereocenters. The highest BCUT2D eigenvalue weighted by Crippen LogP contribution is 2.29. The number of rotatable bonds is 6. The van der Waals surface area contributed by atoms with Crippen molar-refractivity contribution in [2.75, 3.05) is 25.6 Å². The number of methoxy groups -OCH3 is 1. The van der Waals surface area contributed by atoms with E-state index in [1.54, 1.807) is 7.11 Å². The molecule has 4 nitrogen and oxygen atoms in total. The van der Waals surface area contributed by atoms with Gasteiger partial charge in [0.25, 0.3) is 0 Å². The van der Waals surface area contributed by atoms with Crippen LogP contribution in [0.3, 0.4) is 0 Å². The minimum atomic E-state index is 0.405. The van der Waals surface area contributed by atoms with Gasteiger partial charge in [-0.1, -0.05) is 30.6 Å². The number of nitrogens with zero attached hydrogens (tertiary/aromatic N) is 2. The van der Waals surface area contributed by atoms with E-state index in [0.717, 1.165) is 29.6 Å². The first kappa shape index (κ1) is 14.5. The summed E-state index contributed by atoms with van der Waals surface area (Å²) in [7, 11) is 3.69. The molecule has 0 aliphatic heterocycles. The molecule has 0 saturated heterocycles. The van der Waals surface area contributed by atoms with Crippen LogP contribution >= 0.6 is 11.3 Å². The first-order valence-electron chi connectivity index (χ1n) is 6.89.